The van der Waals surface area contributed by atoms with Crippen molar-refractivity contribution in [1.29, 1.82) is 0 Å². The summed E-state index contributed by atoms with van der Waals surface area (Å²) in [6, 6.07) is 2.80. The highest BCUT2D eigenvalue weighted by Gasteiger charge is 2.23. The fourth-order valence-corrected chi connectivity index (χ4v) is 3.99. The molecule has 1 aromatic rings. The fourth-order valence-electron chi connectivity index (χ4n) is 2.52. The number of halogens is 1. The molecular weight excluding hydrogens is 312 g/mol. The minimum atomic E-state index is 0.249. The van der Waals surface area contributed by atoms with Gasteiger partial charge in [-0.2, -0.15) is 0 Å². The SMILES string of the molecule is CN1CCC(N(CCO)Cc2cc(Br)cs2)CC1. The Labute approximate surface area is 122 Å². The molecule has 0 saturated carbocycles. The van der Waals surface area contributed by atoms with Gasteiger partial charge >= 0.3 is 0 Å². The van der Waals surface area contributed by atoms with Crippen molar-refractivity contribution in [3.63, 3.8) is 0 Å². The first-order valence-corrected chi connectivity index (χ1v) is 8.12. The van der Waals surface area contributed by atoms with Crippen LogP contribution < -0.4 is 0 Å². The molecule has 1 aromatic heterocycles. The topological polar surface area (TPSA) is 26.7 Å². The maximum Gasteiger partial charge on any atom is 0.0558 e. The molecule has 1 N–H and O–H groups in total. The lowest BCUT2D eigenvalue weighted by Crippen LogP contribution is -2.44. The maximum atomic E-state index is 9.24. The molecule has 5 heteroatoms. The van der Waals surface area contributed by atoms with Crippen LogP contribution in [0.5, 0.6) is 0 Å². The Balaban J connectivity index is 1.94. The Hall–Kier alpha value is 0.0600. The van der Waals surface area contributed by atoms with E-state index in [4.69, 9.17) is 0 Å². The first kappa shape index (κ1) is 14.5. The van der Waals surface area contributed by atoms with Crippen molar-refractivity contribution in [2.24, 2.45) is 0 Å². The van der Waals surface area contributed by atoms with E-state index < -0.39 is 0 Å². The smallest absolute Gasteiger partial charge is 0.0558 e. The lowest BCUT2D eigenvalue weighted by Gasteiger charge is -2.36. The third kappa shape index (κ3) is 4.03. The van der Waals surface area contributed by atoms with Crippen molar-refractivity contribution >= 4 is 27.3 Å². The molecule has 0 unspecified atom stereocenters. The van der Waals surface area contributed by atoms with E-state index in [0.29, 0.717) is 6.04 Å². The molecule has 2 rings (SSSR count). The van der Waals surface area contributed by atoms with Gasteiger partial charge in [0.15, 0.2) is 0 Å². The largest absolute Gasteiger partial charge is 0.395 e. The maximum absolute atomic E-state index is 9.24. The van der Waals surface area contributed by atoms with Gasteiger partial charge in [-0.25, -0.2) is 0 Å². The van der Waals surface area contributed by atoms with Crippen LogP contribution >= 0.6 is 27.3 Å². The van der Waals surface area contributed by atoms with E-state index in [1.54, 1.807) is 11.3 Å². The number of thiophene rings is 1. The summed E-state index contributed by atoms with van der Waals surface area (Å²) < 4.78 is 1.16. The van der Waals surface area contributed by atoms with Gasteiger partial charge in [-0.15, -0.1) is 11.3 Å². The summed E-state index contributed by atoms with van der Waals surface area (Å²) in [5.41, 5.74) is 0. The number of nitrogens with zero attached hydrogens (tertiary/aromatic N) is 2. The second-order valence-corrected chi connectivity index (χ2v) is 6.87. The van der Waals surface area contributed by atoms with Gasteiger partial charge in [-0.1, -0.05) is 0 Å². The van der Waals surface area contributed by atoms with E-state index in [9.17, 15) is 5.11 Å². The zero-order chi connectivity index (χ0) is 13.0. The van der Waals surface area contributed by atoms with Crippen molar-refractivity contribution in [3.8, 4) is 0 Å². The summed E-state index contributed by atoms with van der Waals surface area (Å²) in [6.45, 7) is 4.33. The van der Waals surface area contributed by atoms with Gasteiger partial charge in [0.2, 0.25) is 0 Å². The highest BCUT2D eigenvalue weighted by Crippen LogP contribution is 2.24. The van der Waals surface area contributed by atoms with Crippen molar-refractivity contribution < 1.29 is 5.11 Å². The number of aliphatic hydroxyl groups is 1. The third-order valence-corrected chi connectivity index (χ3v) is 5.25. The number of piperidine rings is 1. The molecule has 102 valence electrons. The Morgan fingerprint density at radius 3 is 2.78 bits per heavy atom. The molecule has 0 amide bonds. The zero-order valence-corrected chi connectivity index (χ0v) is 13.2. The molecule has 18 heavy (non-hydrogen) atoms. The number of hydrogen-bond donors (Lipinski definition) is 1. The van der Waals surface area contributed by atoms with Crippen molar-refractivity contribution in [2.45, 2.75) is 25.4 Å². The van der Waals surface area contributed by atoms with Crippen LogP contribution in [0.25, 0.3) is 0 Å². The van der Waals surface area contributed by atoms with E-state index in [1.807, 2.05) is 0 Å². The minimum absolute atomic E-state index is 0.249. The van der Waals surface area contributed by atoms with Gasteiger partial charge in [0, 0.05) is 33.9 Å². The number of rotatable bonds is 5. The Morgan fingerprint density at radius 2 is 2.22 bits per heavy atom. The van der Waals surface area contributed by atoms with Crippen LogP contribution in [0.4, 0.5) is 0 Å². The third-order valence-electron chi connectivity index (χ3n) is 3.57. The molecule has 0 spiro atoms. The summed E-state index contributed by atoms with van der Waals surface area (Å²) >= 11 is 5.29. The van der Waals surface area contributed by atoms with Gasteiger partial charge in [-0.3, -0.25) is 4.90 Å². The van der Waals surface area contributed by atoms with Crippen LogP contribution in [0.1, 0.15) is 17.7 Å². The van der Waals surface area contributed by atoms with Gasteiger partial charge < -0.3 is 10.0 Å². The van der Waals surface area contributed by atoms with Crippen LogP contribution in [0, 0.1) is 0 Å². The summed E-state index contributed by atoms with van der Waals surface area (Å²) in [7, 11) is 2.18. The van der Waals surface area contributed by atoms with E-state index >= 15 is 0 Å². The average Bonchev–Trinajstić information content (AvgIpc) is 2.75. The Kier molecular flexibility index (Phi) is 5.63. The summed E-state index contributed by atoms with van der Waals surface area (Å²) in [5.74, 6) is 0. The standard InChI is InChI=1S/C13H21BrN2OS/c1-15-4-2-12(3-5-15)16(6-7-17)9-13-8-11(14)10-18-13/h8,10,12,17H,2-7,9H2,1H3. The molecule has 1 fully saturated rings. The summed E-state index contributed by atoms with van der Waals surface area (Å²) in [6.07, 6.45) is 2.42. The minimum Gasteiger partial charge on any atom is -0.395 e. The second-order valence-electron chi connectivity index (χ2n) is 4.96. The predicted octanol–water partition coefficient (Wildman–Crippen LogP) is 2.40. The van der Waals surface area contributed by atoms with Gasteiger partial charge in [0.05, 0.1) is 6.61 Å². The molecule has 0 bridgehead atoms. The number of aliphatic hydroxyl groups excluding tert-OH is 1. The molecular formula is C13H21BrN2OS. The Bertz CT molecular complexity index is 364. The quantitative estimate of drug-likeness (QED) is 0.896. The fraction of sp³-hybridized carbons (Fsp3) is 0.692. The molecule has 0 aromatic carbocycles. The monoisotopic (exact) mass is 332 g/mol. The van der Waals surface area contributed by atoms with Gasteiger partial charge in [0.1, 0.15) is 0 Å². The van der Waals surface area contributed by atoms with Crippen molar-refractivity contribution in [2.75, 3.05) is 33.3 Å². The summed E-state index contributed by atoms with van der Waals surface area (Å²) in [4.78, 5) is 6.19. The number of hydrogen-bond acceptors (Lipinski definition) is 4. The van der Waals surface area contributed by atoms with Crippen LogP contribution in [-0.2, 0) is 6.54 Å². The van der Waals surface area contributed by atoms with E-state index in [-0.39, 0.29) is 6.61 Å². The first-order chi connectivity index (χ1) is 8.69. The van der Waals surface area contributed by atoms with Crippen LogP contribution in [0.2, 0.25) is 0 Å². The van der Waals surface area contributed by atoms with Gasteiger partial charge in [-0.05, 0) is 55.0 Å². The normalized spacial score (nSPS) is 18.7. The zero-order valence-electron chi connectivity index (χ0n) is 10.8. The van der Waals surface area contributed by atoms with E-state index in [0.717, 1.165) is 17.6 Å². The molecule has 2 heterocycles. The molecule has 1 aliphatic heterocycles. The van der Waals surface area contributed by atoms with Gasteiger partial charge in [0.25, 0.3) is 0 Å². The second kappa shape index (κ2) is 7.01. The highest BCUT2D eigenvalue weighted by atomic mass is 79.9. The molecule has 1 saturated heterocycles. The molecule has 0 radical (unpaired) electrons. The van der Waals surface area contributed by atoms with E-state index in [2.05, 4.69) is 44.2 Å². The lowest BCUT2D eigenvalue weighted by molar-refractivity contribution is 0.0949. The Morgan fingerprint density at radius 1 is 1.50 bits per heavy atom. The molecule has 3 nitrogen and oxygen atoms in total. The van der Waals surface area contributed by atoms with E-state index in [1.165, 1.54) is 30.8 Å². The molecule has 0 aliphatic carbocycles. The molecule has 1 aliphatic rings. The van der Waals surface area contributed by atoms with Crippen molar-refractivity contribution in [1.82, 2.24) is 9.80 Å². The average molecular weight is 333 g/mol. The predicted molar refractivity (Wildman–Crippen MR) is 80.0 cm³/mol. The van der Waals surface area contributed by atoms with Crippen LogP contribution in [-0.4, -0.2) is 54.2 Å². The lowest BCUT2D eigenvalue weighted by atomic mass is 10.0. The number of likely N-dealkylation sites (tertiary alicyclic amines) is 1. The van der Waals surface area contributed by atoms with Crippen LogP contribution in [0.15, 0.2) is 15.9 Å². The molecule has 0 atom stereocenters. The first-order valence-electron chi connectivity index (χ1n) is 6.45. The summed E-state index contributed by atoms with van der Waals surface area (Å²) in [5, 5.41) is 11.4. The van der Waals surface area contributed by atoms with Crippen LogP contribution in [0.3, 0.4) is 0 Å². The van der Waals surface area contributed by atoms with Crippen molar-refractivity contribution in [3.05, 3.63) is 20.8 Å². The highest BCUT2D eigenvalue weighted by molar-refractivity contribution is 9.10.